The van der Waals surface area contributed by atoms with E-state index < -0.39 is 5.97 Å². The summed E-state index contributed by atoms with van der Waals surface area (Å²) < 4.78 is 1.72. The topological polar surface area (TPSA) is 79.5 Å². The summed E-state index contributed by atoms with van der Waals surface area (Å²) >= 11 is 0. The molecule has 6 heteroatoms. The second-order valence-corrected chi connectivity index (χ2v) is 4.94. The second-order valence-electron chi connectivity index (χ2n) is 4.94. The van der Waals surface area contributed by atoms with Crippen LogP contribution in [-0.2, 0) is 0 Å². The van der Waals surface area contributed by atoms with Gasteiger partial charge in [-0.1, -0.05) is 19.1 Å². The van der Waals surface area contributed by atoms with E-state index in [0.717, 1.165) is 35.7 Å². The highest BCUT2D eigenvalue weighted by Gasteiger charge is 2.10. The van der Waals surface area contributed by atoms with Crippen molar-refractivity contribution in [1.29, 1.82) is 0 Å². The Morgan fingerprint density at radius 3 is 2.95 bits per heavy atom. The van der Waals surface area contributed by atoms with Crippen LogP contribution in [0.25, 0.3) is 16.9 Å². The Kier molecular flexibility index (Phi) is 3.74. The standard InChI is InChI=1S/C16H16N4O2/c1-2-8-17-14-6-7-15-18-10-13(20(15)19-14)11-4-3-5-12(9-11)16(21)22/h3-7,9-10H,2,8H2,1H3,(H,17,19)(H,21,22). The quantitative estimate of drug-likeness (QED) is 0.756. The van der Waals surface area contributed by atoms with Crippen molar-refractivity contribution in [2.24, 2.45) is 0 Å². The Bertz CT molecular complexity index is 826. The van der Waals surface area contributed by atoms with Crippen molar-refractivity contribution >= 4 is 17.4 Å². The number of fused-ring (bicyclic) bond motifs is 1. The molecule has 2 heterocycles. The molecular weight excluding hydrogens is 280 g/mol. The van der Waals surface area contributed by atoms with Crippen molar-refractivity contribution < 1.29 is 9.90 Å². The van der Waals surface area contributed by atoms with Crippen molar-refractivity contribution in [2.75, 3.05) is 11.9 Å². The monoisotopic (exact) mass is 296 g/mol. The number of aromatic carboxylic acids is 1. The number of anilines is 1. The van der Waals surface area contributed by atoms with Crippen LogP contribution >= 0.6 is 0 Å². The Morgan fingerprint density at radius 2 is 2.18 bits per heavy atom. The van der Waals surface area contributed by atoms with Gasteiger partial charge in [0.15, 0.2) is 5.65 Å². The third-order valence-corrected chi connectivity index (χ3v) is 3.32. The maximum atomic E-state index is 11.1. The van der Waals surface area contributed by atoms with Crippen LogP contribution in [0.5, 0.6) is 0 Å². The first-order valence-electron chi connectivity index (χ1n) is 7.11. The molecular formula is C16H16N4O2. The number of carboxylic acids is 1. The fraction of sp³-hybridized carbons (Fsp3) is 0.188. The first-order chi connectivity index (χ1) is 10.7. The molecule has 0 atom stereocenters. The normalized spacial score (nSPS) is 10.8. The van der Waals surface area contributed by atoms with Crippen molar-refractivity contribution in [3.63, 3.8) is 0 Å². The Hall–Kier alpha value is -2.89. The van der Waals surface area contributed by atoms with Crippen molar-refractivity contribution in [3.8, 4) is 11.3 Å². The van der Waals surface area contributed by atoms with E-state index in [9.17, 15) is 4.79 Å². The van der Waals surface area contributed by atoms with Gasteiger partial charge in [0.1, 0.15) is 5.82 Å². The third-order valence-electron chi connectivity index (χ3n) is 3.32. The smallest absolute Gasteiger partial charge is 0.335 e. The van der Waals surface area contributed by atoms with E-state index in [1.165, 1.54) is 0 Å². The maximum Gasteiger partial charge on any atom is 0.335 e. The summed E-state index contributed by atoms with van der Waals surface area (Å²) in [4.78, 5) is 15.4. The zero-order chi connectivity index (χ0) is 15.5. The van der Waals surface area contributed by atoms with Gasteiger partial charge in [-0.15, -0.1) is 5.10 Å². The van der Waals surface area contributed by atoms with Gasteiger partial charge in [0, 0.05) is 12.1 Å². The molecule has 0 amide bonds. The summed E-state index contributed by atoms with van der Waals surface area (Å²) in [5.74, 6) is -0.183. The minimum Gasteiger partial charge on any atom is -0.478 e. The van der Waals surface area contributed by atoms with E-state index in [-0.39, 0.29) is 5.56 Å². The number of nitrogens with one attached hydrogen (secondary N) is 1. The zero-order valence-corrected chi connectivity index (χ0v) is 12.2. The maximum absolute atomic E-state index is 11.1. The number of benzene rings is 1. The molecule has 0 bridgehead atoms. The van der Waals surface area contributed by atoms with Gasteiger partial charge in [-0.3, -0.25) is 0 Å². The van der Waals surface area contributed by atoms with Crippen LogP contribution in [0.3, 0.4) is 0 Å². The lowest BCUT2D eigenvalue weighted by molar-refractivity contribution is 0.0697. The van der Waals surface area contributed by atoms with Gasteiger partial charge < -0.3 is 10.4 Å². The van der Waals surface area contributed by atoms with E-state index >= 15 is 0 Å². The number of nitrogens with zero attached hydrogens (tertiary/aromatic N) is 3. The van der Waals surface area contributed by atoms with Crippen LogP contribution in [0.2, 0.25) is 0 Å². The molecule has 1 aromatic carbocycles. The molecule has 0 aliphatic heterocycles. The molecule has 2 N–H and O–H groups in total. The summed E-state index contributed by atoms with van der Waals surface area (Å²) in [7, 11) is 0. The SMILES string of the molecule is CCCNc1ccc2ncc(-c3cccc(C(=O)O)c3)n2n1. The van der Waals surface area contributed by atoms with Crippen LogP contribution < -0.4 is 5.32 Å². The molecule has 0 aliphatic rings. The number of rotatable bonds is 5. The molecule has 0 aliphatic carbocycles. The second kappa shape index (κ2) is 5.85. The molecule has 6 nitrogen and oxygen atoms in total. The van der Waals surface area contributed by atoms with Gasteiger partial charge in [-0.25, -0.2) is 14.3 Å². The van der Waals surface area contributed by atoms with E-state index in [1.54, 1.807) is 28.9 Å². The Labute approximate surface area is 127 Å². The molecule has 0 fully saturated rings. The number of carbonyl (C=O) groups is 1. The number of hydrogen-bond acceptors (Lipinski definition) is 4. The van der Waals surface area contributed by atoms with Crippen LogP contribution in [0.15, 0.2) is 42.6 Å². The molecule has 3 rings (SSSR count). The highest BCUT2D eigenvalue weighted by Crippen LogP contribution is 2.22. The van der Waals surface area contributed by atoms with Crippen LogP contribution in [0, 0.1) is 0 Å². The van der Waals surface area contributed by atoms with Gasteiger partial charge in [0.05, 0.1) is 17.5 Å². The first kappa shape index (κ1) is 14.1. The van der Waals surface area contributed by atoms with E-state index in [4.69, 9.17) is 5.11 Å². The molecule has 0 radical (unpaired) electrons. The minimum absolute atomic E-state index is 0.243. The molecule has 2 aromatic heterocycles. The molecule has 112 valence electrons. The highest BCUT2D eigenvalue weighted by molar-refractivity contribution is 5.89. The summed E-state index contributed by atoms with van der Waals surface area (Å²) in [5.41, 5.74) is 2.50. The van der Waals surface area contributed by atoms with Gasteiger partial charge in [-0.05, 0) is 30.7 Å². The predicted octanol–water partition coefficient (Wildman–Crippen LogP) is 2.92. The fourth-order valence-electron chi connectivity index (χ4n) is 2.23. The Morgan fingerprint density at radius 1 is 1.32 bits per heavy atom. The summed E-state index contributed by atoms with van der Waals surface area (Å²) in [6, 6.07) is 10.5. The lowest BCUT2D eigenvalue weighted by atomic mass is 10.1. The third kappa shape index (κ3) is 2.63. The summed E-state index contributed by atoms with van der Waals surface area (Å²) in [6.45, 7) is 2.93. The summed E-state index contributed by atoms with van der Waals surface area (Å²) in [5, 5.41) is 16.9. The number of aromatic nitrogens is 3. The largest absolute Gasteiger partial charge is 0.478 e. The number of imidazole rings is 1. The lowest BCUT2D eigenvalue weighted by Crippen LogP contribution is -2.05. The van der Waals surface area contributed by atoms with E-state index in [2.05, 4.69) is 22.3 Å². The molecule has 0 saturated carbocycles. The lowest BCUT2D eigenvalue weighted by Gasteiger charge is -2.06. The van der Waals surface area contributed by atoms with Crippen LogP contribution in [-0.4, -0.2) is 32.2 Å². The number of hydrogen-bond donors (Lipinski definition) is 2. The van der Waals surface area contributed by atoms with E-state index in [0.29, 0.717) is 0 Å². The van der Waals surface area contributed by atoms with Crippen molar-refractivity contribution in [2.45, 2.75) is 13.3 Å². The molecule has 0 saturated heterocycles. The van der Waals surface area contributed by atoms with Crippen molar-refractivity contribution in [3.05, 3.63) is 48.2 Å². The van der Waals surface area contributed by atoms with Gasteiger partial charge >= 0.3 is 5.97 Å². The molecule has 3 aromatic rings. The van der Waals surface area contributed by atoms with Crippen molar-refractivity contribution in [1.82, 2.24) is 14.6 Å². The predicted molar refractivity (Wildman–Crippen MR) is 84.2 cm³/mol. The van der Waals surface area contributed by atoms with Gasteiger partial charge in [0.25, 0.3) is 0 Å². The van der Waals surface area contributed by atoms with Gasteiger partial charge in [0.2, 0.25) is 0 Å². The molecule has 22 heavy (non-hydrogen) atoms. The van der Waals surface area contributed by atoms with Crippen LogP contribution in [0.1, 0.15) is 23.7 Å². The average Bonchev–Trinajstić information content (AvgIpc) is 2.96. The number of carboxylic acid groups (broad SMARTS) is 1. The highest BCUT2D eigenvalue weighted by atomic mass is 16.4. The first-order valence-corrected chi connectivity index (χ1v) is 7.11. The van der Waals surface area contributed by atoms with E-state index in [1.807, 2.05) is 18.2 Å². The molecule has 0 unspecified atom stereocenters. The minimum atomic E-state index is -0.950. The van der Waals surface area contributed by atoms with Gasteiger partial charge in [-0.2, -0.15) is 0 Å². The van der Waals surface area contributed by atoms with Crippen LogP contribution in [0.4, 0.5) is 5.82 Å². The Balaban J connectivity index is 2.06. The zero-order valence-electron chi connectivity index (χ0n) is 12.2. The molecule has 0 spiro atoms. The summed E-state index contributed by atoms with van der Waals surface area (Å²) in [6.07, 6.45) is 2.71. The average molecular weight is 296 g/mol. The fourth-order valence-corrected chi connectivity index (χ4v) is 2.23.